The minimum absolute atomic E-state index is 0.582. The molecule has 1 aliphatic carbocycles. The Bertz CT molecular complexity index is 600. The van der Waals surface area contributed by atoms with Crippen LogP contribution in [0.1, 0.15) is 56.7 Å². The van der Waals surface area contributed by atoms with Crippen LogP contribution in [0.4, 0.5) is 5.82 Å². The Kier molecular flexibility index (Phi) is 4.00. The summed E-state index contributed by atoms with van der Waals surface area (Å²) in [4.78, 5) is 0. The molecule has 0 aliphatic heterocycles. The number of anilines is 1. The average Bonchev–Trinajstić information content (AvgIpc) is 3.05. The standard InChI is InChI=1S/C18H25N3/c1-3-8-16-17(15-12-7-9-13(15)2)20-21(18(16)19)14-10-5-4-6-11-14/h4-6,10-11,13,15H,3,7-9,12,19H2,1-2H3. The van der Waals surface area contributed by atoms with E-state index < -0.39 is 0 Å². The molecule has 0 saturated heterocycles. The molecule has 2 unspecified atom stereocenters. The highest BCUT2D eigenvalue weighted by Gasteiger charge is 2.30. The maximum absolute atomic E-state index is 6.44. The van der Waals surface area contributed by atoms with E-state index in [4.69, 9.17) is 10.8 Å². The molecular weight excluding hydrogens is 258 g/mol. The van der Waals surface area contributed by atoms with E-state index in [0.717, 1.165) is 30.3 Å². The quantitative estimate of drug-likeness (QED) is 0.908. The van der Waals surface area contributed by atoms with Gasteiger partial charge >= 0.3 is 0 Å². The van der Waals surface area contributed by atoms with Crippen LogP contribution in [0.3, 0.4) is 0 Å². The molecule has 1 aromatic carbocycles. The molecule has 0 bridgehead atoms. The van der Waals surface area contributed by atoms with E-state index in [1.807, 2.05) is 22.9 Å². The van der Waals surface area contributed by atoms with Crippen LogP contribution in [0.2, 0.25) is 0 Å². The molecule has 2 N–H and O–H groups in total. The highest BCUT2D eigenvalue weighted by atomic mass is 15.3. The number of benzene rings is 1. The first-order chi connectivity index (χ1) is 10.2. The summed E-state index contributed by atoms with van der Waals surface area (Å²) in [5.41, 5.74) is 10.0. The van der Waals surface area contributed by atoms with Crippen LogP contribution >= 0.6 is 0 Å². The minimum atomic E-state index is 0.582. The smallest absolute Gasteiger partial charge is 0.130 e. The molecule has 1 fully saturated rings. The van der Waals surface area contributed by atoms with Crippen molar-refractivity contribution in [2.24, 2.45) is 5.92 Å². The lowest BCUT2D eigenvalue weighted by molar-refractivity contribution is 0.515. The molecule has 1 saturated carbocycles. The summed E-state index contributed by atoms with van der Waals surface area (Å²) < 4.78 is 1.94. The van der Waals surface area contributed by atoms with Crippen molar-refractivity contribution in [2.75, 3.05) is 5.73 Å². The lowest BCUT2D eigenvalue weighted by Gasteiger charge is -2.14. The molecule has 1 heterocycles. The molecule has 1 aliphatic rings. The molecule has 3 rings (SSSR count). The first kappa shape index (κ1) is 14.2. The summed E-state index contributed by atoms with van der Waals surface area (Å²) in [6.07, 6.45) is 6.02. The van der Waals surface area contributed by atoms with Gasteiger partial charge in [-0.1, -0.05) is 51.3 Å². The highest BCUT2D eigenvalue weighted by molar-refractivity contribution is 5.51. The molecule has 21 heavy (non-hydrogen) atoms. The van der Waals surface area contributed by atoms with Crippen molar-refractivity contribution in [1.29, 1.82) is 0 Å². The molecule has 0 spiro atoms. The Morgan fingerprint density at radius 3 is 2.62 bits per heavy atom. The summed E-state index contributed by atoms with van der Waals surface area (Å²) >= 11 is 0. The van der Waals surface area contributed by atoms with Gasteiger partial charge in [0.25, 0.3) is 0 Å². The normalized spacial score (nSPS) is 21.8. The van der Waals surface area contributed by atoms with Gasteiger partial charge in [0.05, 0.1) is 11.4 Å². The molecule has 3 heteroatoms. The van der Waals surface area contributed by atoms with Crippen molar-refractivity contribution in [3.8, 4) is 5.69 Å². The highest BCUT2D eigenvalue weighted by Crippen LogP contribution is 2.41. The minimum Gasteiger partial charge on any atom is -0.383 e. The number of aromatic nitrogens is 2. The second-order valence-corrected chi connectivity index (χ2v) is 6.26. The SMILES string of the molecule is CCCc1c(C2CCCC2C)nn(-c2ccccc2)c1N. The first-order valence-corrected chi connectivity index (χ1v) is 8.15. The number of nitrogens with two attached hydrogens (primary N) is 1. The molecule has 2 atom stereocenters. The van der Waals surface area contributed by atoms with E-state index in [0.29, 0.717) is 5.92 Å². The van der Waals surface area contributed by atoms with Gasteiger partial charge in [-0.05, 0) is 30.9 Å². The van der Waals surface area contributed by atoms with E-state index in [1.165, 1.54) is 30.5 Å². The van der Waals surface area contributed by atoms with Crippen LogP contribution in [0.15, 0.2) is 30.3 Å². The summed E-state index contributed by atoms with van der Waals surface area (Å²) in [6, 6.07) is 10.2. The second-order valence-electron chi connectivity index (χ2n) is 6.26. The fourth-order valence-electron chi connectivity index (χ4n) is 3.60. The Morgan fingerprint density at radius 2 is 2.00 bits per heavy atom. The number of nitrogens with zero attached hydrogens (tertiary/aromatic N) is 2. The van der Waals surface area contributed by atoms with E-state index in [-0.39, 0.29) is 0 Å². The average molecular weight is 283 g/mol. The van der Waals surface area contributed by atoms with Gasteiger partial charge in [-0.2, -0.15) is 5.10 Å². The number of para-hydroxylation sites is 1. The van der Waals surface area contributed by atoms with Gasteiger partial charge in [0, 0.05) is 11.5 Å². The lowest BCUT2D eigenvalue weighted by atomic mass is 9.91. The predicted molar refractivity (Wildman–Crippen MR) is 87.7 cm³/mol. The van der Waals surface area contributed by atoms with Gasteiger partial charge in [-0.25, -0.2) is 4.68 Å². The lowest BCUT2D eigenvalue weighted by Crippen LogP contribution is -2.06. The maximum atomic E-state index is 6.44. The molecule has 0 amide bonds. The third-order valence-electron chi connectivity index (χ3n) is 4.77. The van der Waals surface area contributed by atoms with Gasteiger partial charge in [-0.15, -0.1) is 0 Å². The van der Waals surface area contributed by atoms with Crippen LogP contribution in [0, 0.1) is 5.92 Å². The third-order valence-corrected chi connectivity index (χ3v) is 4.77. The van der Waals surface area contributed by atoms with Crippen LogP contribution in [-0.2, 0) is 6.42 Å². The van der Waals surface area contributed by atoms with Gasteiger partial charge in [0.15, 0.2) is 0 Å². The number of hydrogen-bond acceptors (Lipinski definition) is 2. The summed E-state index contributed by atoms with van der Waals surface area (Å²) in [5, 5.41) is 4.92. The van der Waals surface area contributed by atoms with E-state index in [9.17, 15) is 0 Å². The summed E-state index contributed by atoms with van der Waals surface area (Å²) in [6.45, 7) is 4.56. The number of hydrogen-bond donors (Lipinski definition) is 1. The Balaban J connectivity index is 2.07. The molecule has 2 aromatic rings. The topological polar surface area (TPSA) is 43.8 Å². The Hall–Kier alpha value is -1.77. The Labute approximate surface area is 127 Å². The number of nitrogen functional groups attached to an aromatic ring is 1. The van der Waals surface area contributed by atoms with E-state index in [1.54, 1.807) is 0 Å². The van der Waals surface area contributed by atoms with Gasteiger partial charge < -0.3 is 5.73 Å². The zero-order valence-corrected chi connectivity index (χ0v) is 13.0. The van der Waals surface area contributed by atoms with Crippen molar-refractivity contribution < 1.29 is 0 Å². The second kappa shape index (κ2) is 5.92. The third kappa shape index (κ3) is 2.57. The first-order valence-electron chi connectivity index (χ1n) is 8.15. The van der Waals surface area contributed by atoms with Crippen LogP contribution in [-0.4, -0.2) is 9.78 Å². The van der Waals surface area contributed by atoms with E-state index in [2.05, 4.69) is 26.0 Å². The van der Waals surface area contributed by atoms with Crippen LogP contribution in [0.5, 0.6) is 0 Å². The summed E-state index contributed by atoms with van der Waals surface area (Å²) in [5.74, 6) is 2.13. The zero-order valence-electron chi connectivity index (χ0n) is 13.0. The fraction of sp³-hybridized carbons (Fsp3) is 0.500. The van der Waals surface area contributed by atoms with Crippen molar-refractivity contribution in [2.45, 2.75) is 51.9 Å². The van der Waals surface area contributed by atoms with Gasteiger partial charge in [-0.3, -0.25) is 0 Å². The molecule has 3 nitrogen and oxygen atoms in total. The maximum Gasteiger partial charge on any atom is 0.130 e. The molecule has 0 radical (unpaired) electrons. The predicted octanol–water partition coefficient (Wildman–Crippen LogP) is 4.31. The number of rotatable bonds is 4. The fourth-order valence-corrected chi connectivity index (χ4v) is 3.60. The van der Waals surface area contributed by atoms with Crippen molar-refractivity contribution in [1.82, 2.24) is 9.78 Å². The van der Waals surface area contributed by atoms with Crippen molar-refractivity contribution in [3.05, 3.63) is 41.6 Å². The van der Waals surface area contributed by atoms with E-state index >= 15 is 0 Å². The zero-order chi connectivity index (χ0) is 14.8. The van der Waals surface area contributed by atoms with Crippen LogP contribution < -0.4 is 5.73 Å². The van der Waals surface area contributed by atoms with Gasteiger partial charge in [0.1, 0.15) is 5.82 Å². The van der Waals surface area contributed by atoms with Crippen molar-refractivity contribution >= 4 is 5.82 Å². The van der Waals surface area contributed by atoms with Gasteiger partial charge in [0.2, 0.25) is 0 Å². The largest absolute Gasteiger partial charge is 0.383 e. The monoisotopic (exact) mass is 283 g/mol. The molecule has 112 valence electrons. The van der Waals surface area contributed by atoms with Crippen molar-refractivity contribution in [3.63, 3.8) is 0 Å². The molecule has 1 aromatic heterocycles. The summed E-state index contributed by atoms with van der Waals surface area (Å²) in [7, 11) is 0. The Morgan fingerprint density at radius 1 is 1.24 bits per heavy atom. The molecular formula is C18H25N3. The van der Waals surface area contributed by atoms with Crippen LogP contribution in [0.25, 0.3) is 5.69 Å².